The fraction of sp³-hybridized carbons (Fsp3) is 0.708. The van der Waals surface area contributed by atoms with Gasteiger partial charge in [0.2, 0.25) is 0 Å². The SMILES string of the molecule is O=C1O[C@H]2[C@@H](CCC3(CC3)[C@@H]3CCC4(CC4)[C@H]23)[C@@H]1CNCc1ccccc1. The molecule has 3 heteroatoms. The minimum atomic E-state index is 0.0599. The maximum atomic E-state index is 12.8. The quantitative estimate of drug-likeness (QED) is 0.808. The number of rotatable bonds is 4. The topological polar surface area (TPSA) is 38.3 Å². The zero-order chi connectivity index (χ0) is 18.1. The molecule has 144 valence electrons. The van der Waals surface area contributed by atoms with Gasteiger partial charge in [-0.25, -0.2) is 0 Å². The highest BCUT2D eigenvalue weighted by atomic mass is 16.6. The Morgan fingerprint density at radius 2 is 1.70 bits per heavy atom. The molecule has 27 heavy (non-hydrogen) atoms. The smallest absolute Gasteiger partial charge is 0.310 e. The van der Waals surface area contributed by atoms with Gasteiger partial charge in [-0.1, -0.05) is 30.3 Å². The molecule has 5 aliphatic rings. The molecule has 1 saturated heterocycles. The van der Waals surface area contributed by atoms with E-state index in [1.165, 1.54) is 56.9 Å². The summed E-state index contributed by atoms with van der Waals surface area (Å²) in [6.45, 7) is 1.61. The Balaban J connectivity index is 1.21. The maximum Gasteiger partial charge on any atom is 0.310 e. The number of carbonyl (C=O) groups excluding carboxylic acids is 1. The van der Waals surface area contributed by atoms with Crippen LogP contribution in [0.3, 0.4) is 0 Å². The van der Waals surface area contributed by atoms with Gasteiger partial charge in [0, 0.05) is 24.9 Å². The summed E-state index contributed by atoms with van der Waals surface area (Å²) in [5, 5.41) is 3.56. The lowest BCUT2D eigenvalue weighted by atomic mass is 9.73. The van der Waals surface area contributed by atoms with Crippen molar-refractivity contribution >= 4 is 5.97 Å². The van der Waals surface area contributed by atoms with E-state index in [4.69, 9.17) is 4.74 Å². The lowest BCUT2D eigenvalue weighted by molar-refractivity contribution is -0.147. The van der Waals surface area contributed by atoms with Crippen molar-refractivity contribution in [2.75, 3.05) is 6.54 Å². The van der Waals surface area contributed by atoms with Gasteiger partial charge in [-0.05, 0) is 73.7 Å². The Hall–Kier alpha value is -1.35. The second kappa shape index (κ2) is 5.83. The first-order valence-electron chi connectivity index (χ1n) is 11.2. The van der Waals surface area contributed by atoms with Crippen LogP contribution in [-0.4, -0.2) is 18.6 Å². The first kappa shape index (κ1) is 16.6. The molecule has 0 amide bonds. The molecular weight excluding hydrogens is 334 g/mol. The van der Waals surface area contributed by atoms with Crippen LogP contribution in [0.15, 0.2) is 30.3 Å². The van der Waals surface area contributed by atoms with Crippen molar-refractivity contribution in [3.05, 3.63) is 35.9 Å². The van der Waals surface area contributed by atoms with E-state index in [2.05, 4.69) is 29.6 Å². The third-order valence-electron chi connectivity index (χ3n) is 9.02. The zero-order valence-electron chi connectivity index (χ0n) is 16.2. The number of carbonyl (C=O) groups is 1. The standard InChI is InChI=1S/C24H31NO2/c26-22-18(15-25-14-16-4-2-1-3-5-16)17-6-8-23(10-11-23)19-7-9-24(12-13-24)20(19)21(17)27-22/h1-5,17-21,25H,6-15H2/t17-,18-,19+,20-,21-/m0/s1. The first-order valence-corrected chi connectivity index (χ1v) is 11.2. The Morgan fingerprint density at radius 1 is 0.963 bits per heavy atom. The summed E-state index contributed by atoms with van der Waals surface area (Å²) in [4.78, 5) is 12.8. The molecule has 5 fully saturated rings. The van der Waals surface area contributed by atoms with Crippen LogP contribution in [0.4, 0.5) is 0 Å². The van der Waals surface area contributed by atoms with Crippen LogP contribution >= 0.6 is 0 Å². The summed E-state index contributed by atoms with van der Waals surface area (Å²) in [6, 6.07) is 10.5. The van der Waals surface area contributed by atoms with Gasteiger partial charge in [-0.2, -0.15) is 0 Å². The second-order valence-electron chi connectivity index (χ2n) is 10.2. The molecule has 0 aromatic heterocycles. The van der Waals surface area contributed by atoms with Gasteiger partial charge in [0.1, 0.15) is 6.10 Å². The van der Waals surface area contributed by atoms with Gasteiger partial charge in [0.15, 0.2) is 0 Å². The van der Waals surface area contributed by atoms with E-state index in [9.17, 15) is 4.79 Å². The predicted molar refractivity (Wildman–Crippen MR) is 104 cm³/mol. The monoisotopic (exact) mass is 365 g/mol. The van der Waals surface area contributed by atoms with Crippen LogP contribution in [0.1, 0.15) is 56.9 Å². The molecule has 1 aliphatic heterocycles. The van der Waals surface area contributed by atoms with E-state index >= 15 is 0 Å². The molecule has 4 aliphatic carbocycles. The summed E-state index contributed by atoms with van der Waals surface area (Å²) in [5.41, 5.74) is 2.47. The van der Waals surface area contributed by atoms with Crippen LogP contribution in [0.5, 0.6) is 0 Å². The number of fused-ring (bicyclic) bond motifs is 5. The van der Waals surface area contributed by atoms with Crippen LogP contribution < -0.4 is 5.32 Å². The molecule has 2 spiro atoms. The lowest BCUT2D eigenvalue weighted by Crippen LogP contribution is -2.36. The molecule has 1 N–H and O–H groups in total. The molecule has 0 bridgehead atoms. The fourth-order valence-corrected chi connectivity index (χ4v) is 7.27. The highest BCUT2D eigenvalue weighted by Crippen LogP contribution is 2.74. The number of hydrogen-bond donors (Lipinski definition) is 1. The number of benzene rings is 1. The fourth-order valence-electron chi connectivity index (χ4n) is 7.27. The number of hydrogen-bond acceptors (Lipinski definition) is 3. The average Bonchev–Trinajstić information content (AvgIpc) is 3.57. The number of nitrogens with one attached hydrogen (secondary N) is 1. The Bertz CT molecular complexity index is 736. The van der Waals surface area contributed by atoms with E-state index < -0.39 is 0 Å². The van der Waals surface area contributed by atoms with Gasteiger partial charge < -0.3 is 10.1 Å². The Kier molecular flexibility index (Phi) is 3.58. The summed E-state index contributed by atoms with van der Waals surface area (Å²) < 4.78 is 6.19. The van der Waals surface area contributed by atoms with Crippen molar-refractivity contribution in [3.63, 3.8) is 0 Å². The van der Waals surface area contributed by atoms with Crippen molar-refractivity contribution in [2.45, 2.75) is 64.0 Å². The normalized spacial score (nSPS) is 39.7. The third kappa shape index (κ3) is 2.53. The molecule has 0 unspecified atom stereocenters. The second-order valence-corrected chi connectivity index (χ2v) is 10.2. The summed E-state index contributed by atoms with van der Waals surface area (Å²) in [5.74, 6) is 2.11. The summed E-state index contributed by atoms with van der Waals surface area (Å²) in [7, 11) is 0. The van der Waals surface area contributed by atoms with Crippen molar-refractivity contribution in [3.8, 4) is 0 Å². The van der Waals surface area contributed by atoms with E-state index in [1.54, 1.807) is 0 Å². The van der Waals surface area contributed by atoms with Crippen molar-refractivity contribution < 1.29 is 9.53 Å². The highest BCUT2D eigenvalue weighted by molar-refractivity contribution is 5.75. The van der Waals surface area contributed by atoms with E-state index in [-0.39, 0.29) is 18.0 Å². The van der Waals surface area contributed by atoms with Gasteiger partial charge in [0.05, 0.1) is 5.92 Å². The van der Waals surface area contributed by atoms with Gasteiger partial charge in [0.25, 0.3) is 0 Å². The van der Waals surface area contributed by atoms with Gasteiger partial charge in [-0.3, -0.25) is 4.79 Å². The molecule has 4 saturated carbocycles. The molecule has 1 heterocycles. The Morgan fingerprint density at radius 3 is 2.44 bits per heavy atom. The highest BCUT2D eigenvalue weighted by Gasteiger charge is 2.69. The number of ether oxygens (including phenoxy) is 1. The van der Waals surface area contributed by atoms with E-state index in [0.717, 1.165) is 19.0 Å². The minimum Gasteiger partial charge on any atom is -0.461 e. The zero-order valence-corrected chi connectivity index (χ0v) is 16.2. The van der Waals surface area contributed by atoms with Gasteiger partial charge in [-0.15, -0.1) is 0 Å². The van der Waals surface area contributed by atoms with Gasteiger partial charge >= 0.3 is 5.97 Å². The molecule has 0 radical (unpaired) electrons. The van der Waals surface area contributed by atoms with E-state index in [1.807, 2.05) is 6.07 Å². The first-order chi connectivity index (χ1) is 13.2. The van der Waals surface area contributed by atoms with E-state index in [0.29, 0.717) is 22.7 Å². The van der Waals surface area contributed by atoms with Crippen molar-refractivity contribution in [1.29, 1.82) is 0 Å². The minimum absolute atomic E-state index is 0.0599. The molecule has 1 aromatic rings. The molecule has 1 aromatic carbocycles. The molecule has 6 rings (SSSR count). The summed E-state index contributed by atoms with van der Waals surface area (Å²) >= 11 is 0. The number of esters is 1. The van der Waals surface area contributed by atoms with Crippen molar-refractivity contribution in [1.82, 2.24) is 5.32 Å². The lowest BCUT2D eigenvalue weighted by Gasteiger charge is -2.33. The molecule has 5 atom stereocenters. The molecular formula is C24H31NO2. The average molecular weight is 366 g/mol. The predicted octanol–water partition coefficient (Wildman–Crippen LogP) is 4.31. The van der Waals surface area contributed by atoms with Crippen LogP contribution in [0, 0.1) is 34.5 Å². The molecule has 3 nitrogen and oxygen atoms in total. The van der Waals surface area contributed by atoms with Crippen LogP contribution in [-0.2, 0) is 16.1 Å². The maximum absolute atomic E-state index is 12.8. The van der Waals surface area contributed by atoms with Crippen LogP contribution in [0.25, 0.3) is 0 Å². The third-order valence-corrected chi connectivity index (χ3v) is 9.02. The van der Waals surface area contributed by atoms with Crippen molar-refractivity contribution in [2.24, 2.45) is 34.5 Å². The van der Waals surface area contributed by atoms with Crippen LogP contribution in [0.2, 0.25) is 0 Å². The summed E-state index contributed by atoms with van der Waals surface area (Å²) in [6.07, 6.45) is 11.2. The largest absolute Gasteiger partial charge is 0.461 e. The Labute approximate surface area is 162 Å².